The normalized spacial score (nSPS) is 13.2. The van der Waals surface area contributed by atoms with Crippen LogP contribution in [-0.4, -0.2) is 14.2 Å². The van der Waals surface area contributed by atoms with Crippen molar-refractivity contribution in [2.45, 2.75) is 18.7 Å². The molecule has 0 N–H and O–H groups in total. The summed E-state index contributed by atoms with van der Waals surface area (Å²) in [6, 6.07) is 8.50. The van der Waals surface area contributed by atoms with Crippen molar-refractivity contribution < 1.29 is 8.42 Å². The summed E-state index contributed by atoms with van der Waals surface area (Å²) in [5, 5.41) is 0. The van der Waals surface area contributed by atoms with E-state index in [1.165, 1.54) is 0 Å². The Bertz CT molecular complexity index is 482. The van der Waals surface area contributed by atoms with Crippen molar-refractivity contribution in [3.8, 4) is 0 Å². The van der Waals surface area contributed by atoms with Gasteiger partial charge in [0, 0.05) is 0 Å². The molecule has 0 atom stereocenters. The fourth-order valence-corrected chi connectivity index (χ4v) is 2.29. The molecule has 0 aliphatic rings. The zero-order chi connectivity index (χ0) is 12.0. The molecule has 0 radical (unpaired) electrons. The number of allylic oxidation sites excluding steroid dienone is 3. The molecule has 0 saturated heterocycles. The summed E-state index contributed by atoms with van der Waals surface area (Å²) in [5.74, 6) is 0.0438. The van der Waals surface area contributed by atoms with E-state index in [-0.39, 0.29) is 5.75 Å². The van der Waals surface area contributed by atoms with Crippen LogP contribution in [0.4, 0.5) is 0 Å². The summed E-state index contributed by atoms with van der Waals surface area (Å²) in [4.78, 5) is 0.373. The molecular weight excluding hydrogens is 220 g/mol. The van der Waals surface area contributed by atoms with E-state index in [1.54, 1.807) is 36.4 Å². The molecule has 0 bridgehead atoms. The van der Waals surface area contributed by atoms with Crippen molar-refractivity contribution in [1.82, 2.24) is 0 Å². The van der Waals surface area contributed by atoms with Gasteiger partial charge in [-0.1, -0.05) is 42.0 Å². The fraction of sp³-hybridized carbons (Fsp3) is 0.231. The standard InChI is InChI=1S/C13H16O2S/c1-3-12(2)8-7-11-16(14,15)13-9-5-4-6-10-13/h3-10H,11H2,1-2H3/b8-7+,12-3+. The average Bonchev–Trinajstić information content (AvgIpc) is 2.30. The first-order chi connectivity index (χ1) is 7.56. The van der Waals surface area contributed by atoms with Crippen molar-refractivity contribution >= 4 is 9.84 Å². The lowest BCUT2D eigenvalue weighted by Gasteiger charge is -2.00. The van der Waals surface area contributed by atoms with Crippen molar-refractivity contribution in [3.05, 3.63) is 54.1 Å². The maximum Gasteiger partial charge on any atom is 0.181 e. The monoisotopic (exact) mass is 236 g/mol. The fourth-order valence-electron chi connectivity index (χ4n) is 1.18. The Balaban J connectivity index is 2.79. The first-order valence-electron chi connectivity index (χ1n) is 5.13. The second-order valence-corrected chi connectivity index (χ2v) is 5.56. The van der Waals surface area contributed by atoms with Crippen LogP contribution in [0.3, 0.4) is 0 Å². The predicted octanol–water partition coefficient (Wildman–Crippen LogP) is 2.98. The molecule has 86 valence electrons. The first kappa shape index (κ1) is 12.7. The summed E-state index contributed by atoms with van der Waals surface area (Å²) >= 11 is 0. The lowest BCUT2D eigenvalue weighted by Crippen LogP contribution is -2.04. The second kappa shape index (κ2) is 5.66. The molecule has 0 heterocycles. The van der Waals surface area contributed by atoms with Crippen LogP contribution in [0, 0.1) is 0 Å². The summed E-state index contributed by atoms with van der Waals surface area (Å²) in [6.07, 6.45) is 5.43. The number of hydrogen-bond donors (Lipinski definition) is 0. The Hall–Kier alpha value is -1.35. The Morgan fingerprint density at radius 1 is 1.25 bits per heavy atom. The van der Waals surface area contributed by atoms with Crippen molar-refractivity contribution in [3.63, 3.8) is 0 Å². The van der Waals surface area contributed by atoms with Crippen LogP contribution in [0.5, 0.6) is 0 Å². The smallest absolute Gasteiger partial charge is 0.181 e. The highest BCUT2D eigenvalue weighted by Gasteiger charge is 2.10. The van der Waals surface area contributed by atoms with Gasteiger partial charge in [0.1, 0.15) is 0 Å². The molecule has 0 saturated carbocycles. The minimum Gasteiger partial charge on any atom is -0.223 e. The van der Waals surface area contributed by atoms with E-state index < -0.39 is 9.84 Å². The van der Waals surface area contributed by atoms with Gasteiger partial charge in [-0.2, -0.15) is 0 Å². The van der Waals surface area contributed by atoms with Gasteiger partial charge in [-0.15, -0.1) is 0 Å². The van der Waals surface area contributed by atoms with Crippen LogP contribution in [-0.2, 0) is 9.84 Å². The van der Waals surface area contributed by atoms with Crippen molar-refractivity contribution in [2.24, 2.45) is 0 Å². The Kier molecular flexibility index (Phi) is 4.50. The van der Waals surface area contributed by atoms with Gasteiger partial charge in [-0.25, -0.2) is 8.42 Å². The van der Waals surface area contributed by atoms with E-state index in [4.69, 9.17) is 0 Å². The molecule has 0 aliphatic carbocycles. The van der Waals surface area contributed by atoms with E-state index in [9.17, 15) is 8.42 Å². The number of sulfone groups is 1. The number of benzene rings is 1. The summed E-state index contributed by atoms with van der Waals surface area (Å²) in [5.41, 5.74) is 1.06. The quantitative estimate of drug-likeness (QED) is 0.753. The lowest BCUT2D eigenvalue weighted by atomic mass is 10.3. The zero-order valence-corrected chi connectivity index (χ0v) is 10.4. The van der Waals surface area contributed by atoms with Crippen LogP contribution < -0.4 is 0 Å². The molecule has 1 aromatic carbocycles. The van der Waals surface area contributed by atoms with Gasteiger partial charge >= 0.3 is 0 Å². The maximum atomic E-state index is 11.8. The molecule has 0 fully saturated rings. The molecule has 16 heavy (non-hydrogen) atoms. The zero-order valence-electron chi connectivity index (χ0n) is 9.55. The molecule has 0 unspecified atom stereocenters. The first-order valence-corrected chi connectivity index (χ1v) is 6.79. The Morgan fingerprint density at radius 2 is 1.88 bits per heavy atom. The maximum absolute atomic E-state index is 11.8. The van der Waals surface area contributed by atoms with E-state index >= 15 is 0 Å². The highest BCUT2D eigenvalue weighted by molar-refractivity contribution is 7.91. The molecule has 0 spiro atoms. The van der Waals surface area contributed by atoms with Gasteiger partial charge in [-0.05, 0) is 26.0 Å². The van der Waals surface area contributed by atoms with Gasteiger partial charge in [0.05, 0.1) is 10.6 Å². The minimum absolute atomic E-state index is 0.0438. The van der Waals surface area contributed by atoms with Gasteiger partial charge in [-0.3, -0.25) is 0 Å². The molecule has 3 heteroatoms. The van der Waals surface area contributed by atoms with Crippen molar-refractivity contribution in [2.75, 3.05) is 5.75 Å². The number of rotatable bonds is 4. The Labute approximate surface area is 97.2 Å². The van der Waals surface area contributed by atoms with E-state index in [0.29, 0.717) is 4.90 Å². The molecular formula is C13H16O2S. The van der Waals surface area contributed by atoms with Crippen LogP contribution in [0.1, 0.15) is 13.8 Å². The SMILES string of the molecule is C/C=C(C)/C=C/CS(=O)(=O)c1ccccc1. The third-order valence-corrected chi connectivity index (χ3v) is 3.88. The lowest BCUT2D eigenvalue weighted by molar-refractivity contribution is 0.599. The molecule has 1 rings (SSSR count). The highest BCUT2D eigenvalue weighted by atomic mass is 32.2. The second-order valence-electron chi connectivity index (χ2n) is 3.53. The van der Waals surface area contributed by atoms with Crippen LogP contribution in [0.15, 0.2) is 59.0 Å². The molecule has 0 aliphatic heterocycles. The third kappa shape index (κ3) is 3.66. The summed E-state index contributed by atoms with van der Waals surface area (Å²) in [6.45, 7) is 3.86. The van der Waals surface area contributed by atoms with Gasteiger partial charge in [0.25, 0.3) is 0 Å². The van der Waals surface area contributed by atoms with E-state index in [2.05, 4.69) is 0 Å². The largest absolute Gasteiger partial charge is 0.223 e. The number of hydrogen-bond acceptors (Lipinski definition) is 2. The third-order valence-electron chi connectivity index (χ3n) is 2.25. The van der Waals surface area contributed by atoms with Crippen LogP contribution in [0.25, 0.3) is 0 Å². The molecule has 2 nitrogen and oxygen atoms in total. The summed E-state index contributed by atoms with van der Waals surface area (Å²) in [7, 11) is -3.18. The average molecular weight is 236 g/mol. The summed E-state index contributed by atoms with van der Waals surface area (Å²) < 4.78 is 23.7. The molecule has 0 amide bonds. The molecule has 0 aromatic heterocycles. The van der Waals surface area contributed by atoms with E-state index in [0.717, 1.165) is 5.57 Å². The van der Waals surface area contributed by atoms with Crippen LogP contribution in [0.2, 0.25) is 0 Å². The van der Waals surface area contributed by atoms with Crippen LogP contribution >= 0.6 is 0 Å². The topological polar surface area (TPSA) is 34.1 Å². The molecule has 1 aromatic rings. The van der Waals surface area contributed by atoms with Gasteiger partial charge in [0.2, 0.25) is 0 Å². The predicted molar refractivity (Wildman–Crippen MR) is 67.1 cm³/mol. The van der Waals surface area contributed by atoms with Gasteiger partial charge < -0.3 is 0 Å². The minimum atomic E-state index is -3.18. The Morgan fingerprint density at radius 3 is 2.44 bits per heavy atom. The van der Waals surface area contributed by atoms with Gasteiger partial charge in [0.15, 0.2) is 9.84 Å². The highest BCUT2D eigenvalue weighted by Crippen LogP contribution is 2.10. The van der Waals surface area contributed by atoms with E-state index in [1.807, 2.05) is 26.0 Å². The van der Waals surface area contributed by atoms with Crippen molar-refractivity contribution in [1.29, 1.82) is 0 Å².